The van der Waals surface area contributed by atoms with Crippen LogP contribution in [0, 0.1) is 17.8 Å². The molecular formula is C46H72N6O8S. The number of carboxylic acid groups (broad SMARTS) is 1. The van der Waals surface area contributed by atoms with Gasteiger partial charge < -0.3 is 35.4 Å². The molecule has 2 aromatic rings. The number of hydrogen-bond acceptors (Lipinski definition) is 11. The topological polar surface area (TPSA) is 180 Å². The average Bonchev–Trinajstić information content (AvgIpc) is 3.97. The summed E-state index contributed by atoms with van der Waals surface area (Å²) in [6.07, 6.45) is 7.21. The predicted octanol–water partition coefficient (Wildman–Crippen LogP) is 6.39. The van der Waals surface area contributed by atoms with Crippen molar-refractivity contribution in [2.75, 3.05) is 33.3 Å². The molecule has 4 rings (SSSR count). The van der Waals surface area contributed by atoms with E-state index >= 15 is 0 Å². The Morgan fingerprint density at radius 1 is 0.984 bits per heavy atom. The Labute approximate surface area is 367 Å². The molecule has 61 heavy (non-hydrogen) atoms. The number of aliphatic carboxylic acids is 1. The molecule has 0 bridgehead atoms. The molecule has 0 spiro atoms. The zero-order chi connectivity index (χ0) is 44.6. The summed E-state index contributed by atoms with van der Waals surface area (Å²) in [6.45, 7) is 16.6. The number of carbonyl (C=O) groups is 5. The van der Waals surface area contributed by atoms with E-state index in [0.717, 1.165) is 70.0 Å². The first-order valence-electron chi connectivity index (χ1n) is 22.6. The van der Waals surface area contributed by atoms with Gasteiger partial charge in [-0.2, -0.15) is 0 Å². The molecule has 0 radical (unpaired) electrons. The molecule has 2 aliphatic heterocycles. The quantitative estimate of drug-likeness (QED) is 0.0679. The fraction of sp³-hybridized carbons (Fsp3) is 0.696. The summed E-state index contributed by atoms with van der Waals surface area (Å²) in [7, 11) is 1.97. The number of nitrogens with one attached hydrogen (secondary N) is 3. The number of hydrogen-bond donors (Lipinski definition) is 4. The maximum atomic E-state index is 14.7. The van der Waals surface area contributed by atoms with Gasteiger partial charge in [0, 0.05) is 37.0 Å². The van der Waals surface area contributed by atoms with Crippen molar-refractivity contribution < 1.29 is 38.6 Å². The average molecular weight is 869 g/mol. The standard InChI is InChI=1S/C46H72N6O8S/c1-9-22-52(44(55)40(30(6)11-3)50-42(54)37-16-12-13-23-51(37)8)38(29(4)5)27-39(59-24-10-2)43-49-36(28-61-43)41(53)48-33(25-31(7)45(56)57)26-32-17-19-34(20-18-32)60-46(58)35-15-14-21-47-35/h17-20,28-31,33,35,37-40,47H,9-16,21-27H2,1-8H3,(H,48,53)(H,50,54)(H,56,57)/t30-,31-,33+,35+,37+,38?,39+,40-/m0/s1. The summed E-state index contributed by atoms with van der Waals surface area (Å²) in [4.78, 5) is 75.4. The Morgan fingerprint density at radius 3 is 2.33 bits per heavy atom. The first-order chi connectivity index (χ1) is 29.2. The van der Waals surface area contributed by atoms with Gasteiger partial charge in [-0.3, -0.25) is 24.1 Å². The fourth-order valence-electron chi connectivity index (χ4n) is 8.25. The molecule has 0 saturated carbocycles. The maximum absolute atomic E-state index is 14.7. The van der Waals surface area contributed by atoms with E-state index in [4.69, 9.17) is 14.5 Å². The van der Waals surface area contributed by atoms with E-state index in [9.17, 15) is 29.1 Å². The Hall–Kier alpha value is -3.92. The summed E-state index contributed by atoms with van der Waals surface area (Å²) in [6, 6.07) is 5.05. The first kappa shape index (κ1) is 49.7. The van der Waals surface area contributed by atoms with Crippen LogP contribution in [-0.4, -0.2) is 113 Å². The van der Waals surface area contributed by atoms with Crippen LogP contribution in [0.25, 0.3) is 0 Å². The third-order valence-electron chi connectivity index (χ3n) is 12.1. The highest BCUT2D eigenvalue weighted by Crippen LogP contribution is 2.32. The van der Waals surface area contributed by atoms with Crippen LogP contribution >= 0.6 is 11.3 Å². The number of esters is 1. The third-order valence-corrected chi connectivity index (χ3v) is 13.1. The lowest BCUT2D eigenvalue weighted by Crippen LogP contribution is -2.58. The van der Waals surface area contributed by atoms with Crippen molar-refractivity contribution in [3.63, 3.8) is 0 Å². The molecule has 15 heteroatoms. The van der Waals surface area contributed by atoms with Gasteiger partial charge in [0.05, 0.1) is 12.0 Å². The van der Waals surface area contributed by atoms with Crippen molar-refractivity contribution in [1.82, 2.24) is 30.7 Å². The SMILES string of the molecule is CCCO[C@H](CC(C(C)C)N(CCC)C(=O)[C@@H](NC(=O)[C@H]1CCCCN1C)[C@@H](C)CC)c1nc(C(=O)N[C@@H](Cc2ccc(OC(=O)[C@H]3CCCN3)cc2)C[C@H](C)C(=O)O)cs1. The molecule has 2 saturated heterocycles. The minimum absolute atomic E-state index is 0.0473. The number of likely N-dealkylation sites (N-methyl/N-ethyl adjacent to an activating group) is 1. The minimum atomic E-state index is -0.959. The normalized spacial score (nSPS) is 20.0. The molecule has 340 valence electrons. The second-order valence-corrected chi connectivity index (χ2v) is 18.3. The van der Waals surface area contributed by atoms with Crippen molar-refractivity contribution in [3.8, 4) is 5.75 Å². The number of ether oxygens (including phenoxy) is 2. The van der Waals surface area contributed by atoms with Gasteiger partial charge in [-0.25, -0.2) is 9.78 Å². The summed E-state index contributed by atoms with van der Waals surface area (Å²) >= 11 is 1.33. The molecule has 2 aliphatic rings. The van der Waals surface area contributed by atoms with Crippen molar-refractivity contribution in [2.45, 2.75) is 155 Å². The predicted molar refractivity (Wildman–Crippen MR) is 237 cm³/mol. The lowest BCUT2D eigenvalue weighted by molar-refractivity contribution is -0.143. The number of thiazole rings is 1. The van der Waals surface area contributed by atoms with E-state index in [0.29, 0.717) is 36.8 Å². The summed E-state index contributed by atoms with van der Waals surface area (Å²) in [5, 5.41) is 21.4. The molecule has 1 unspecified atom stereocenters. The number of amides is 3. The van der Waals surface area contributed by atoms with Crippen LogP contribution in [0.4, 0.5) is 0 Å². The minimum Gasteiger partial charge on any atom is -0.481 e. The molecule has 14 nitrogen and oxygen atoms in total. The smallest absolute Gasteiger partial charge is 0.328 e. The second kappa shape index (κ2) is 24.6. The van der Waals surface area contributed by atoms with Crippen LogP contribution in [-0.2, 0) is 30.3 Å². The maximum Gasteiger partial charge on any atom is 0.328 e. The highest BCUT2D eigenvalue weighted by molar-refractivity contribution is 7.09. The van der Waals surface area contributed by atoms with E-state index in [-0.39, 0.29) is 59.9 Å². The van der Waals surface area contributed by atoms with Crippen LogP contribution in [0.5, 0.6) is 5.75 Å². The van der Waals surface area contributed by atoms with E-state index < -0.39 is 36.0 Å². The van der Waals surface area contributed by atoms with E-state index in [1.165, 1.54) is 11.3 Å². The summed E-state index contributed by atoms with van der Waals surface area (Å²) in [5.41, 5.74) is 1.05. The molecule has 1 aromatic carbocycles. The van der Waals surface area contributed by atoms with E-state index in [1.807, 2.05) is 51.8 Å². The van der Waals surface area contributed by atoms with Crippen LogP contribution in [0.15, 0.2) is 29.6 Å². The summed E-state index contributed by atoms with van der Waals surface area (Å²) in [5.74, 6) is -2.21. The third kappa shape index (κ3) is 14.6. The second-order valence-electron chi connectivity index (χ2n) is 17.4. The largest absolute Gasteiger partial charge is 0.481 e. The molecular weight excluding hydrogens is 797 g/mol. The number of likely N-dealkylation sites (tertiary alicyclic amines) is 1. The fourth-order valence-corrected chi connectivity index (χ4v) is 9.11. The lowest BCUT2D eigenvalue weighted by Gasteiger charge is -2.40. The number of rotatable bonds is 24. The van der Waals surface area contributed by atoms with Gasteiger partial charge in [-0.15, -0.1) is 11.3 Å². The Morgan fingerprint density at radius 2 is 1.72 bits per heavy atom. The molecule has 3 heterocycles. The Bertz CT molecular complexity index is 1720. The van der Waals surface area contributed by atoms with Gasteiger partial charge >= 0.3 is 11.9 Å². The zero-order valence-electron chi connectivity index (χ0n) is 37.7. The van der Waals surface area contributed by atoms with Gasteiger partial charge in [-0.1, -0.05) is 73.4 Å². The van der Waals surface area contributed by atoms with Gasteiger partial charge in [0.15, 0.2) is 0 Å². The number of piperidine rings is 1. The van der Waals surface area contributed by atoms with Crippen LogP contribution in [0.3, 0.4) is 0 Å². The van der Waals surface area contributed by atoms with Crippen LogP contribution < -0.4 is 20.7 Å². The Kier molecular flexibility index (Phi) is 20.1. The first-order valence-corrected chi connectivity index (χ1v) is 23.5. The van der Waals surface area contributed by atoms with Gasteiger partial charge in [0.1, 0.15) is 34.6 Å². The van der Waals surface area contributed by atoms with Crippen molar-refractivity contribution in [3.05, 3.63) is 45.9 Å². The molecule has 1 aromatic heterocycles. The number of aromatic nitrogens is 1. The molecule has 8 atom stereocenters. The number of nitrogens with zero attached hydrogens (tertiary/aromatic N) is 3. The highest BCUT2D eigenvalue weighted by atomic mass is 32.1. The zero-order valence-corrected chi connectivity index (χ0v) is 38.6. The number of benzene rings is 1. The van der Waals surface area contributed by atoms with Crippen molar-refractivity contribution in [1.29, 1.82) is 0 Å². The van der Waals surface area contributed by atoms with E-state index in [2.05, 4.69) is 34.7 Å². The van der Waals surface area contributed by atoms with Crippen LogP contribution in [0.1, 0.15) is 140 Å². The molecule has 0 aliphatic carbocycles. The van der Waals surface area contributed by atoms with Gasteiger partial charge in [0.25, 0.3) is 5.91 Å². The summed E-state index contributed by atoms with van der Waals surface area (Å²) < 4.78 is 12.0. The molecule has 3 amide bonds. The van der Waals surface area contributed by atoms with E-state index in [1.54, 1.807) is 24.4 Å². The molecule has 2 fully saturated rings. The lowest BCUT2D eigenvalue weighted by atomic mass is 9.92. The number of carboxylic acids is 1. The van der Waals surface area contributed by atoms with Gasteiger partial charge in [-0.05, 0) is 101 Å². The number of carbonyl (C=O) groups excluding carboxylic acids is 4. The monoisotopic (exact) mass is 869 g/mol. The van der Waals surface area contributed by atoms with Gasteiger partial charge in [0.2, 0.25) is 11.8 Å². The van der Waals surface area contributed by atoms with Crippen molar-refractivity contribution in [2.24, 2.45) is 17.8 Å². The Balaban J connectivity index is 1.52. The van der Waals surface area contributed by atoms with Crippen LogP contribution in [0.2, 0.25) is 0 Å². The van der Waals surface area contributed by atoms with Crippen molar-refractivity contribution >= 4 is 41.0 Å². The highest BCUT2D eigenvalue weighted by Gasteiger charge is 2.38. The molecule has 4 N–H and O–H groups in total.